The van der Waals surface area contributed by atoms with Crippen molar-refractivity contribution in [3.63, 3.8) is 0 Å². The van der Waals surface area contributed by atoms with Crippen LogP contribution in [0.2, 0.25) is 5.02 Å². The van der Waals surface area contributed by atoms with Gasteiger partial charge < -0.3 is 9.84 Å². The van der Waals surface area contributed by atoms with Crippen LogP contribution in [-0.2, 0) is 4.74 Å². The third-order valence-electron chi connectivity index (χ3n) is 2.82. The van der Waals surface area contributed by atoms with E-state index in [0.29, 0.717) is 17.5 Å². The molecule has 19 heavy (non-hydrogen) atoms. The Labute approximate surface area is 111 Å². The Bertz CT molecular complexity index is 646. The van der Waals surface area contributed by atoms with Crippen LogP contribution < -0.4 is 11.2 Å². The van der Waals surface area contributed by atoms with E-state index < -0.39 is 17.4 Å². The maximum atomic E-state index is 12.1. The van der Waals surface area contributed by atoms with Gasteiger partial charge in [0.05, 0.1) is 12.7 Å². The van der Waals surface area contributed by atoms with Crippen molar-refractivity contribution in [2.24, 2.45) is 5.22 Å². The molecule has 0 unspecified atom stereocenters. The molecule has 1 aromatic heterocycles. The number of aliphatic hydroxyl groups excluding tert-OH is 1. The first-order valence-corrected chi connectivity index (χ1v) is 5.86. The van der Waals surface area contributed by atoms with Crippen LogP contribution in [0, 0.1) is 5.41 Å². The fraction of sp³-hybridized carbons (Fsp3) is 0.556. The normalized spacial score (nSPS) is 22.2. The third kappa shape index (κ3) is 2.49. The maximum Gasteiger partial charge on any atom is 0.427 e. The molecule has 1 fully saturated rings. The molecule has 1 aliphatic rings. The van der Waals surface area contributed by atoms with Crippen LogP contribution in [0.5, 0.6) is 0 Å². The van der Waals surface area contributed by atoms with E-state index in [1.54, 1.807) is 0 Å². The van der Waals surface area contributed by atoms with Gasteiger partial charge in [-0.25, -0.2) is 4.79 Å². The zero-order valence-corrected chi connectivity index (χ0v) is 10.5. The first-order valence-electron chi connectivity index (χ1n) is 5.48. The van der Waals surface area contributed by atoms with Crippen LogP contribution in [0.4, 0.5) is 0 Å². The number of ether oxygens (including phenoxy) is 1. The van der Waals surface area contributed by atoms with Gasteiger partial charge in [0, 0.05) is 6.20 Å². The summed E-state index contributed by atoms with van der Waals surface area (Å²) in [5, 5.41) is 19.6. The van der Waals surface area contributed by atoms with Crippen LogP contribution in [0.1, 0.15) is 19.1 Å². The van der Waals surface area contributed by atoms with E-state index in [2.05, 4.69) is 10.1 Å². The van der Waals surface area contributed by atoms with Gasteiger partial charge in [-0.05, 0) is 18.1 Å². The van der Waals surface area contributed by atoms with Crippen molar-refractivity contribution >= 4 is 11.6 Å². The number of azide groups is 1. The van der Waals surface area contributed by atoms with E-state index in [-0.39, 0.29) is 17.7 Å². The molecule has 0 spiro atoms. The molecule has 102 valence electrons. The minimum absolute atomic E-state index is 0.0388. The second kappa shape index (κ2) is 5.45. The van der Waals surface area contributed by atoms with E-state index >= 15 is 0 Å². The van der Waals surface area contributed by atoms with Gasteiger partial charge in [0.2, 0.25) is 5.49 Å². The number of halogens is 1. The van der Waals surface area contributed by atoms with Crippen molar-refractivity contribution in [1.82, 2.24) is 9.24 Å². The zero-order chi connectivity index (χ0) is 14.0. The molecule has 9 nitrogen and oxygen atoms in total. The SMILES string of the molecule is [N-]=[N+]=Nn1c(=N)c(Cl)cn([C@H]2CC[C@@H](CO)O2)c1=O. The molecule has 10 heteroatoms. The molecule has 0 aliphatic carbocycles. The van der Waals surface area contributed by atoms with Crippen molar-refractivity contribution in [2.45, 2.75) is 25.2 Å². The van der Waals surface area contributed by atoms with Crippen molar-refractivity contribution in [3.8, 4) is 0 Å². The van der Waals surface area contributed by atoms with Gasteiger partial charge in [0.1, 0.15) is 11.3 Å². The molecule has 1 saturated heterocycles. The number of hydrogen-bond donors (Lipinski definition) is 2. The first kappa shape index (κ1) is 13.6. The Hall–Kier alpha value is -1.80. The van der Waals surface area contributed by atoms with E-state index in [1.807, 2.05) is 0 Å². The lowest BCUT2D eigenvalue weighted by Crippen LogP contribution is -2.39. The Morgan fingerprint density at radius 2 is 2.42 bits per heavy atom. The lowest BCUT2D eigenvalue weighted by Gasteiger charge is -2.14. The van der Waals surface area contributed by atoms with Crippen molar-refractivity contribution in [2.75, 3.05) is 6.61 Å². The molecule has 0 amide bonds. The lowest BCUT2D eigenvalue weighted by molar-refractivity contribution is -0.0251. The number of aliphatic hydroxyl groups is 1. The van der Waals surface area contributed by atoms with Crippen LogP contribution >= 0.6 is 11.6 Å². The maximum absolute atomic E-state index is 12.1. The van der Waals surface area contributed by atoms with Crippen LogP contribution in [0.25, 0.3) is 10.4 Å². The van der Waals surface area contributed by atoms with Crippen LogP contribution in [-0.4, -0.2) is 27.1 Å². The lowest BCUT2D eigenvalue weighted by atomic mass is 10.2. The first-order chi connectivity index (χ1) is 9.08. The Morgan fingerprint density at radius 1 is 1.68 bits per heavy atom. The number of hydrogen-bond acceptors (Lipinski definition) is 5. The molecule has 0 bridgehead atoms. The highest BCUT2D eigenvalue weighted by molar-refractivity contribution is 6.30. The molecular weight excluding hydrogens is 276 g/mol. The van der Waals surface area contributed by atoms with Gasteiger partial charge >= 0.3 is 5.69 Å². The van der Waals surface area contributed by atoms with Gasteiger partial charge in [-0.2, -0.15) is 4.91 Å². The Kier molecular flexibility index (Phi) is 3.91. The van der Waals surface area contributed by atoms with Gasteiger partial charge in [0.15, 0.2) is 0 Å². The summed E-state index contributed by atoms with van der Waals surface area (Å²) >= 11 is 5.82. The highest BCUT2D eigenvalue weighted by atomic mass is 35.5. The molecule has 2 atom stereocenters. The number of nitrogens with one attached hydrogen (secondary N) is 1. The summed E-state index contributed by atoms with van der Waals surface area (Å²) in [6.07, 6.45) is 1.46. The van der Waals surface area contributed by atoms with Crippen LogP contribution in [0.3, 0.4) is 0 Å². The topological polar surface area (TPSA) is 129 Å². The van der Waals surface area contributed by atoms with E-state index in [0.717, 1.165) is 4.57 Å². The summed E-state index contributed by atoms with van der Waals surface area (Å²) in [5.74, 6) is 0. The highest BCUT2D eigenvalue weighted by Gasteiger charge is 2.28. The van der Waals surface area contributed by atoms with E-state index in [1.165, 1.54) is 6.20 Å². The molecule has 1 aromatic rings. The van der Waals surface area contributed by atoms with Gasteiger partial charge in [-0.15, -0.1) is 10.2 Å². The van der Waals surface area contributed by atoms with Gasteiger partial charge in [-0.1, -0.05) is 11.6 Å². The summed E-state index contributed by atoms with van der Waals surface area (Å²) < 4.78 is 7.16. The molecule has 2 rings (SSSR count). The predicted octanol–water partition coefficient (Wildman–Crippen LogP) is 0.526. The fourth-order valence-electron chi connectivity index (χ4n) is 1.90. The van der Waals surface area contributed by atoms with E-state index in [4.69, 9.17) is 32.4 Å². The van der Waals surface area contributed by atoms with Gasteiger partial charge in [0.25, 0.3) is 0 Å². The molecule has 2 N–H and O–H groups in total. The number of nitrogens with zero attached hydrogens (tertiary/aromatic N) is 5. The second-order valence-electron chi connectivity index (χ2n) is 3.98. The summed E-state index contributed by atoms with van der Waals surface area (Å²) in [4.78, 5) is 14.5. The Balaban J connectivity index is 2.51. The molecule has 0 aromatic carbocycles. The largest absolute Gasteiger partial charge is 0.427 e. The third-order valence-corrected chi connectivity index (χ3v) is 3.10. The molecule has 1 aliphatic heterocycles. The number of aromatic nitrogens is 2. The second-order valence-corrected chi connectivity index (χ2v) is 4.39. The smallest absolute Gasteiger partial charge is 0.394 e. The highest BCUT2D eigenvalue weighted by Crippen LogP contribution is 2.26. The van der Waals surface area contributed by atoms with Crippen molar-refractivity contribution in [3.05, 3.63) is 37.6 Å². The summed E-state index contributed by atoms with van der Waals surface area (Å²) in [7, 11) is 0. The molecule has 2 heterocycles. The average molecular weight is 287 g/mol. The summed E-state index contributed by atoms with van der Waals surface area (Å²) in [5.41, 5.74) is 7.29. The van der Waals surface area contributed by atoms with E-state index in [9.17, 15) is 4.79 Å². The molecule has 0 saturated carbocycles. The Morgan fingerprint density at radius 3 is 3.00 bits per heavy atom. The molecular formula is C9H11ClN6O3. The number of rotatable bonds is 3. The quantitative estimate of drug-likeness (QED) is 0.477. The van der Waals surface area contributed by atoms with Crippen molar-refractivity contribution in [1.29, 1.82) is 5.41 Å². The van der Waals surface area contributed by atoms with Gasteiger partial charge in [-0.3, -0.25) is 9.98 Å². The predicted molar refractivity (Wildman–Crippen MR) is 64.3 cm³/mol. The standard InChI is InChI=1S/C9H11ClN6O3/c10-6-3-15(7-2-1-5(4-17)19-7)9(18)16(8(6)11)14-13-12/h3,5,7,11,17H,1-2,4H2/t5-,7+/m0/s1. The average Bonchev–Trinajstić information content (AvgIpc) is 2.87. The van der Waals surface area contributed by atoms with Crippen LogP contribution in [0.15, 0.2) is 16.2 Å². The van der Waals surface area contributed by atoms with Crippen molar-refractivity contribution < 1.29 is 9.84 Å². The summed E-state index contributed by atoms with van der Waals surface area (Å²) in [6, 6.07) is 0. The fourth-order valence-corrected chi connectivity index (χ4v) is 2.08. The minimum atomic E-state index is -0.712. The zero-order valence-electron chi connectivity index (χ0n) is 9.73. The summed E-state index contributed by atoms with van der Waals surface area (Å²) in [6.45, 7) is -0.133. The monoisotopic (exact) mass is 286 g/mol. The minimum Gasteiger partial charge on any atom is -0.394 e. The molecule has 0 radical (unpaired) electrons.